The van der Waals surface area contributed by atoms with Crippen molar-refractivity contribution in [3.63, 3.8) is 0 Å². The minimum absolute atomic E-state index is 0.0493. The monoisotopic (exact) mass is 373 g/mol. The van der Waals surface area contributed by atoms with Crippen LogP contribution in [0.4, 0.5) is 5.69 Å². The Morgan fingerprint density at radius 1 is 1.00 bits per heavy atom. The molecule has 0 fully saturated rings. The van der Waals surface area contributed by atoms with Crippen molar-refractivity contribution in [2.24, 2.45) is 0 Å². The van der Waals surface area contributed by atoms with Gasteiger partial charge in [-0.2, -0.15) is 10.2 Å². The van der Waals surface area contributed by atoms with Crippen LogP contribution in [0, 0.1) is 13.8 Å². The standard InChI is InChI=1S/C22H23N5O/c1-16-6-3-4-8-18(16)14-26-15-19(12-23-26)25-22(28)10-11-27-21-9-5-7-17(2)20(21)13-24-27/h3-9,12-13,15H,10-11,14H2,1-2H3,(H,25,28). The minimum Gasteiger partial charge on any atom is -0.323 e. The Balaban J connectivity index is 1.36. The number of aromatic nitrogens is 4. The van der Waals surface area contributed by atoms with Crippen molar-refractivity contribution in [3.8, 4) is 0 Å². The van der Waals surface area contributed by atoms with Crippen LogP contribution in [0.1, 0.15) is 23.1 Å². The second-order valence-corrected chi connectivity index (χ2v) is 7.03. The first-order valence-corrected chi connectivity index (χ1v) is 9.38. The van der Waals surface area contributed by atoms with Crippen LogP contribution >= 0.6 is 0 Å². The van der Waals surface area contributed by atoms with Gasteiger partial charge >= 0.3 is 0 Å². The van der Waals surface area contributed by atoms with E-state index in [1.807, 2.05) is 46.0 Å². The Bertz CT molecular complexity index is 1120. The summed E-state index contributed by atoms with van der Waals surface area (Å²) in [5, 5.41) is 12.8. The molecule has 6 nitrogen and oxygen atoms in total. The molecule has 0 aliphatic heterocycles. The fraction of sp³-hybridized carbons (Fsp3) is 0.227. The third-order valence-corrected chi connectivity index (χ3v) is 4.97. The highest BCUT2D eigenvalue weighted by atomic mass is 16.1. The number of fused-ring (bicyclic) bond motifs is 1. The number of hydrogen-bond acceptors (Lipinski definition) is 3. The molecule has 28 heavy (non-hydrogen) atoms. The van der Waals surface area contributed by atoms with Gasteiger partial charge in [0.25, 0.3) is 0 Å². The van der Waals surface area contributed by atoms with Gasteiger partial charge in [0.05, 0.1) is 36.7 Å². The van der Waals surface area contributed by atoms with Crippen molar-refractivity contribution in [2.75, 3.05) is 5.32 Å². The quantitative estimate of drug-likeness (QED) is 0.557. The zero-order valence-corrected chi connectivity index (χ0v) is 16.1. The zero-order chi connectivity index (χ0) is 19.5. The van der Waals surface area contributed by atoms with Crippen molar-refractivity contribution in [3.05, 3.63) is 77.7 Å². The average molecular weight is 373 g/mol. The number of nitrogens with one attached hydrogen (secondary N) is 1. The molecule has 6 heteroatoms. The molecule has 0 radical (unpaired) electrons. The number of aryl methyl sites for hydroxylation is 3. The Morgan fingerprint density at radius 3 is 2.68 bits per heavy atom. The highest BCUT2D eigenvalue weighted by Crippen LogP contribution is 2.18. The number of benzene rings is 2. The summed E-state index contributed by atoms with van der Waals surface area (Å²) in [7, 11) is 0. The third kappa shape index (κ3) is 3.81. The molecule has 2 heterocycles. The summed E-state index contributed by atoms with van der Waals surface area (Å²) in [5.41, 5.74) is 5.39. The molecule has 0 saturated carbocycles. The molecule has 4 aromatic rings. The van der Waals surface area contributed by atoms with E-state index in [4.69, 9.17) is 0 Å². The molecule has 2 aromatic carbocycles. The van der Waals surface area contributed by atoms with E-state index in [-0.39, 0.29) is 5.91 Å². The first-order valence-electron chi connectivity index (χ1n) is 9.38. The van der Waals surface area contributed by atoms with Gasteiger partial charge < -0.3 is 5.32 Å². The third-order valence-electron chi connectivity index (χ3n) is 4.97. The normalized spacial score (nSPS) is 11.1. The van der Waals surface area contributed by atoms with Crippen LogP contribution in [0.2, 0.25) is 0 Å². The van der Waals surface area contributed by atoms with E-state index in [1.54, 1.807) is 6.20 Å². The van der Waals surface area contributed by atoms with Crippen molar-refractivity contribution >= 4 is 22.5 Å². The number of amides is 1. The van der Waals surface area contributed by atoms with E-state index in [0.717, 1.165) is 10.9 Å². The van der Waals surface area contributed by atoms with Gasteiger partial charge in [0.15, 0.2) is 0 Å². The lowest BCUT2D eigenvalue weighted by molar-refractivity contribution is -0.116. The van der Waals surface area contributed by atoms with Crippen LogP contribution < -0.4 is 5.32 Å². The minimum atomic E-state index is -0.0493. The summed E-state index contributed by atoms with van der Waals surface area (Å²) in [6, 6.07) is 14.3. The molecule has 142 valence electrons. The molecule has 0 aliphatic rings. The molecule has 0 atom stereocenters. The fourth-order valence-corrected chi connectivity index (χ4v) is 3.33. The molecular formula is C22H23N5O. The summed E-state index contributed by atoms with van der Waals surface area (Å²) >= 11 is 0. The Labute approximate surface area is 163 Å². The maximum absolute atomic E-state index is 12.3. The van der Waals surface area contributed by atoms with Crippen LogP contribution in [0.25, 0.3) is 10.9 Å². The molecule has 0 spiro atoms. The molecule has 0 bridgehead atoms. The SMILES string of the molecule is Cc1ccccc1Cn1cc(NC(=O)CCn2ncc3c(C)cccc32)cn1. The number of hydrogen-bond donors (Lipinski definition) is 1. The number of anilines is 1. The lowest BCUT2D eigenvalue weighted by atomic mass is 10.1. The van der Waals surface area contributed by atoms with E-state index >= 15 is 0 Å². The summed E-state index contributed by atoms with van der Waals surface area (Å²) in [6.45, 7) is 5.37. The average Bonchev–Trinajstić information content (AvgIpc) is 3.29. The van der Waals surface area contributed by atoms with Gasteiger partial charge in [-0.05, 0) is 36.6 Å². The van der Waals surface area contributed by atoms with Gasteiger partial charge in [-0.15, -0.1) is 0 Å². The highest BCUT2D eigenvalue weighted by molar-refractivity contribution is 5.90. The molecule has 2 aromatic heterocycles. The van der Waals surface area contributed by atoms with Crippen LogP contribution in [0.3, 0.4) is 0 Å². The summed E-state index contributed by atoms with van der Waals surface area (Å²) in [4.78, 5) is 12.3. The van der Waals surface area contributed by atoms with Gasteiger partial charge in [0.2, 0.25) is 5.91 Å². The van der Waals surface area contributed by atoms with Gasteiger partial charge in [-0.1, -0.05) is 36.4 Å². The molecular weight excluding hydrogens is 350 g/mol. The van der Waals surface area contributed by atoms with Crippen molar-refractivity contribution in [1.82, 2.24) is 19.6 Å². The Kier molecular flexibility index (Phi) is 4.93. The second kappa shape index (κ2) is 7.68. The van der Waals surface area contributed by atoms with Gasteiger partial charge in [0, 0.05) is 18.0 Å². The van der Waals surface area contributed by atoms with E-state index < -0.39 is 0 Å². The summed E-state index contributed by atoms with van der Waals surface area (Å²) in [5.74, 6) is -0.0493. The van der Waals surface area contributed by atoms with Crippen molar-refractivity contribution in [1.29, 1.82) is 0 Å². The topological polar surface area (TPSA) is 64.7 Å². The number of carbonyl (C=O) groups excluding carboxylic acids is 1. The van der Waals surface area contributed by atoms with Crippen LogP contribution in [-0.2, 0) is 17.9 Å². The molecule has 0 unspecified atom stereocenters. The molecule has 0 saturated heterocycles. The van der Waals surface area contributed by atoms with E-state index in [1.165, 1.54) is 16.7 Å². The summed E-state index contributed by atoms with van der Waals surface area (Å²) < 4.78 is 3.71. The highest BCUT2D eigenvalue weighted by Gasteiger charge is 2.09. The number of nitrogens with zero attached hydrogens (tertiary/aromatic N) is 4. The first kappa shape index (κ1) is 18.0. The molecule has 0 aliphatic carbocycles. The zero-order valence-electron chi connectivity index (χ0n) is 16.1. The maximum atomic E-state index is 12.3. The first-order chi connectivity index (χ1) is 13.6. The van der Waals surface area contributed by atoms with Gasteiger partial charge in [0.1, 0.15) is 0 Å². The molecule has 1 N–H and O–H groups in total. The Morgan fingerprint density at radius 2 is 1.82 bits per heavy atom. The largest absolute Gasteiger partial charge is 0.323 e. The lowest BCUT2D eigenvalue weighted by Gasteiger charge is -2.06. The predicted octanol–water partition coefficient (Wildman–Crippen LogP) is 3.93. The van der Waals surface area contributed by atoms with Gasteiger partial charge in [-0.3, -0.25) is 14.2 Å². The second-order valence-electron chi connectivity index (χ2n) is 7.03. The van der Waals surface area contributed by atoms with E-state index in [2.05, 4.69) is 47.6 Å². The van der Waals surface area contributed by atoms with Crippen LogP contribution in [-0.4, -0.2) is 25.5 Å². The summed E-state index contributed by atoms with van der Waals surface area (Å²) in [6.07, 6.45) is 5.76. The maximum Gasteiger partial charge on any atom is 0.226 e. The number of carbonyl (C=O) groups is 1. The van der Waals surface area contributed by atoms with E-state index in [9.17, 15) is 4.79 Å². The number of rotatable bonds is 6. The van der Waals surface area contributed by atoms with Gasteiger partial charge in [-0.25, -0.2) is 0 Å². The predicted molar refractivity (Wildman–Crippen MR) is 110 cm³/mol. The molecule has 4 rings (SSSR count). The Hall–Kier alpha value is -3.41. The lowest BCUT2D eigenvalue weighted by Crippen LogP contribution is -2.14. The smallest absolute Gasteiger partial charge is 0.226 e. The van der Waals surface area contributed by atoms with Crippen LogP contribution in [0.5, 0.6) is 0 Å². The van der Waals surface area contributed by atoms with Crippen LogP contribution in [0.15, 0.2) is 61.1 Å². The van der Waals surface area contributed by atoms with Crippen molar-refractivity contribution in [2.45, 2.75) is 33.4 Å². The molecule has 1 amide bonds. The fourth-order valence-electron chi connectivity index (χ4n) is 3.33. The van der Waals surface area contributed by atoms with E-state index in [0.29, 0.717) is 25.2 Å². The van der Waals surface area contributed by atoms with Crippen molar-refractivity contribution < 1.29 is 4.79 Å².